The van der Waals surface area contributed by atoms with Crippen LogP contribution in [0.3, 0.4) is 0 Å². The molecule has 0 aliphatic rings. The summed E-state index contributed by atoms with van der Waals surface area (Å²) < 4.78 is 1.95. The lowest BCUT2D eigenvalue weighted by Gasteiger charge is -2.22. The van der Waals surface area contributed by atoms with E-state index in [1.165, 1.54) is 11.3 Å². The zero-order chi connectivity index (χ0) is 14.0. The molecule has 1 unspecified atom stereocenters. The molecule has 5 heteroatoms. The topological polar surface area (TPSA) is 46.9 Å². The number of aryl methyl sites for hydroxylation is 2. The van der Waals surface area contributed by atoms with Crippen LogP contribution in [0.1, 0.15) is 40.9 Å². The molecule has 0 aromatic carbocycles. The van der Waals surface area contributed by atoms with Crippen LogP contribution in [0, 0.1) is 12.8 Å². The fourth-order valence-corrected chi connectivity index (χ4v) is 2.85. The van der Waals surface area contributed by atoms with Crippen LogP contribution in [-0.2, 0) is 7.05 Å². The van der Waals surface area contributed by atoms with E-state index in [2.05, 4.69) is 24.1 Å². The maximum atomic E-state index is 12.3. The van der Waals surface area contributed by atoms with Gasteiger partial charge in [0.25, 0.3) is 5.91 Å². The summed E-state index contributed by atoms with van der Waals surface area (Å²) in [6.45, 7) is 6.12. The third-order valence-corrected chi connectivity index (χ3v) is 4.17. The van der Waals surface area contributed by atoms with Gasteiger partial charge in [-0.2, -0.15) is 0 Å². The molecule has 0 radical (unpaired) electrons. The van der Waals surface area contributed by atoms with Crippen LogP contribution in [0.4, 0.5) is 0 Å². The lowest BCUT2D eigenvalue weighted by molar-refractivity contribution is 0.0926. The molecule has 1 atom stereocenters. The molecule has 0 aliphatic carbocycles. The lowest BCUT2D eigenvalue weighted by Crippen LogP contribution is -2.33. The second kappa shape index (κ2) is 5.57. The Morgan fingerprint density at radius 1 is 1.47 bits per heavy atom. The highest BCUT2D eigenvalue weighted by molar-refractivity contribution is 7.12. The van der Waals surface area contributed by atoms with E-state index >= 15 is 0 Å². The maximum Gasteiger partial charge on any atom is 0.262 e. The second-order valence-electron chi connectivity index (χ2n) is 5.02. The first-order chi connectivity index (χ1) is 9.00. The molecule has 1 amide bonds. The summed E-state index contributed by atoms with van der Waals surface area (Å²) in [7, 11) is 1.94. The monoisotopic (exact) mass is 277 g/mol. The van der Waals surface area contributed by atoms with E-state index in [4.69, 9.17) is 0 Å². The van der Waals surface area contributed by atoms with Crippen molar-refractivity contribution in [1.29, 1.82) is 0 Å². The van der Waals surface area contributed by atoms with Crippen LogP contribution >= 0.6 is 11.3 Å². The lowest BCUT2D eigenvalue weighted by atomic mass is 10.0. The normalized spacial score (nSPS) is 12.7. The number of carbonyl (C=O) groups excluding carboxylic acids is 1. The molecule has 2 aromatic rings. The predicted molar refractivity (Wildman–Crippen MR) is 77.3 cm³/mol. The van der Waals surface area contributed by atoms with Crippen molar-refractivity contribution in [3.63, 3.8) is 0 Å². The number of carbonyl (C=O) groups is 1. The zero-order valence-corrected chi connectivity index (χ0v) is 12.5. The Labute approximate surface area is 117 Å². The highest BCUT2D eigenvalue weighted by Crippen LogP contribution is 2.22. The standard InChI is InChI=1S/C14H19N3OS/c1-9(2)11(13-15-6-7-17(13)4)16-14(18)12-10(3)5-8-19-12/h5-9,11H,1-4H3,(H,16,18). The van der Waals surface area contributed by atoms with Crippen molar-refractivity contribution in [3.05, 3.63) is 40.1 Å². The second-order valence-corrected chi connectivity index (χ2v) is 5.94. The van der Waals surface area contributed by atoms with Gasteiger partial charge in [-0.25, -0.2) is 4.98 Å². The number of aromatic nitrogens is 2. The van der Waals surface area contributed by atoms with Gasteiger partial charge in [0.2, 0.25) is 0 Å². The molecule has 0 bridgehead atoms. The quantitative estimate of drug-likeness (QED) is 0.934. The van der Waals surface area contributed by atoms with E-state index in [-0.39, 0.29) is 17.9 Å². The number of rotatable bonds is 4. The number of hydrogen-bond acceptors (Lipinski definition) is 3. The van der Waals surface area contributed by atoms with Crippen molar-refractivity contribution in [3.8, 4) is 0 Å². The summed E-state index contributed by atoms with van der Waals surface area (Å²) in [5.41, 5.74) is 1.02. The summed E-state index contributed by atoms with van der Waals surface area (Å²) in [6, 6.07) is 1.89. The molecule has 19 heavy (non-hydrogen) atoms. The van der Waals surface area contributed by atoms with E-state index in [9.17, 15) is 4.79 Å². The van der Waals surface area contributed by atoms with Crippen molar-refractivity contribution in [2.24, 2.45) is 13.0 Å². The highest BCUT2D eigenvalue weighted by atomic mass is 32.1. The smallest absolute Gasteiger partial charge is 0.262 e. The van der Waals surface area contributed by atoms with Crippen molar-refractivity contribution in [2.75, 3.05) is 0 Å². The summed E-state index contributed by atoms with van der Waals surface area (Å²) in [5, 5.41) is 5.03. The molecule has 0 spiro atoms. The number of thiophene rings is 1. The van der Waals surface area contributed by atoms with Crippen LogP contribution in [0.5, 0.6) is 0 Å². The average Bonchev–Trinajstić information content (AvgIpc) is 2.94. The van der Waals surface area contributed by atoms with E-state index in [0.29, 0.717) is 0 Å². The Morgan fingerprint density at radius 3 is 2.68 bits per heavy atom. The summed E-state index contributed by atoms with van der Waals surface area (Å²) in [6.07, 6.45) is 3.65. The van der Waals surface area contributed by atoms with Gasteiger partial charge in [0, 0.05) is 19.4 Å². The molecule has 102 valence electrons. The van der Waals surface area contributed by atoms with Crippen molar-refractivity contribution < 1.29 is 4.79 Å². The Hall–Kier alpha value is -1.62. The van der Waals surface area contributed by atoms with Crippen molar-refractivity contribution >= 4 is 17.2 Å². The van der Waals surface area contributed by atoms with Gasteiger partial charge >= 0.3 is 0 Å². The third kappa shape index (κ3) is 2.87. The SMILES string of the molecule is Cc1ccsc1C(=O)NC(c1nccn1C)C(C)C. The average molecular weight is 277 g/mol. The third-order valence-electron chi connectivity index (χ3n) is 3.16. The van der Waals surface area contributed by atoms with Gasteiger partial charge in [-0.3, -0.25) is 4.79 Å². The van der Waals surface area contributed by atoms with Gasteiger partial charge in [0.05, 0.1) is 10.9 Å². The van der Waals surface area contributed by atoms with E-state index < -0.39 is 0 Å². The van der Waals surface area contributed by atoms with Gasteiger partial charge < -0.3 is 9.88 Å². The minimum atomic E-state index is -0.0750. The van der Waals surface area contributed by atoms with Crippen LogP contribution in [0.2, 0.25) is 0 Å². The molecule has 2 rings (SSSR count). The Bertz CT molecular complexity index is 571. The molecular formula is C14H19N3OS. The van der Waals surface area contributed by atoms with Crippen LogP contribution in [0.15, 0.2) is 23.8 Å². The highest BCUT2D eigenvalue weighted by Gasteiger charge is 2.23. The predicted octanol–water partition coefficient (Wildman–Crippen LogP) is 2.92. The first kappa shape index (κ1) is 13.8. The largest absolute Gasteiger partial charge is 0.341 e. The van der Waals surface area contributed by atoms with Gasteiger partial charge in [0.15, 0.2) is 0 Å². The molecule has 0 saturated heterocycles. The minimum Gasteiger partial charge on any atom is -0.341 e. The zero-order valence-electron chi connectivity index (χ0n) is 11.7. The minimum absolute atomic E-state index is 0.0193. The Kier molecular flexibility index (Phi) is 4.04. The first-order valence-corrected chi connectivity index (χ1v) is 7.21. The van der Waals surface area contributed by atoms with E-state index in [0.717, 1.165) is 16.3 Å². The van der Waals surface area contributed by atoms with Crippen LogP contribution in [-0.4, -0.2) is 15.5 Å². The fourth-order valence-electron chi connectivity index (χ4n) is 2.02. The molecule has 0 saturated carbocycles. The van der Waals surface area contributed by atoms with Gasteiger partial charge in [-0.05, 0) is 29.9 Å². The molecule has 1 N–H and O–H groups in total. The van der Waals surface area contributed by atoms with Crippen molar-refractivity contribution in [1.82, 2.24) is 14.9 Å². The Morgan fingerprint density at radius 2 is 2.21 bits per heavy atom. The molecule has 2 heterocycles. The molecule has 2 aromatic heterocycles. The number of imidazole rings is 1. The summed E-state index contributed by atoms with van der Waals surface area (Å²) >= 11 is 1.47. The van der Waals surface area contributed by atoms with Crippen LogP contribution < -0.4 is 5.32 Å². The molecule has 0 fully saturated rings. The summed E-state index contributed by atoms with van der Waals surface area (Å²) in [4.78, 5) is 17.4. The molecule has 4 nitrogen and oxygen atoms in total. The van der Waals surface area contributed by atoms with E-state index in [1.54, 1.807) is 6.20 Å². The first-order valence-electron chi connectivity index (χ1n) is 6.33. The molecular weight excluding hydrogens is 258 g/mol. The van der Waals surface area contributed by atoms with Gasteiger partial charge in [0.1, 0.15) is 5.82 Å². The number of hydrogen-bond donors (Lipinski definition) is 1. The summed E-state index contributed by atoms with van der Waals surface area (Å²) in [5.74, 6) is 1.15. The number of nitrogens with zero attached hydrogens (tertiary/aromatic N) is 2. The Balaban J connectivity index is 2.21. The number of amides is 1. The molecule has 0 aliphatic heterocycles. The van der Waals surface area contributed by atoms with E-state index in [1.807, 2.05) is 36.2 Å². The van der Waals surface area contributed by atoms with Gasteiger partial charge in [-0.15, -0.1) is 11.3 Å². The van der Waals surface area contributed by atoms with Crippen LogP contribution in [0.25, 0.3) is 0 Å². The fraction of sp³-hybridized carbons (Fsp3) is 0.429. The van der Waals surface area contributed by atoms with Gasteiger partial charge in [-0.1, -0.05) is 13.8 Å². The van der Waals surface area contributed by atoms with Crippen molar-refractivity contribution in [2.45, 2.75) is 26.8 Å². The maximum absolute atomic E-state index is 12.3. The number of nitrogens with one attached hydrogen (secondary N) is 1.